The molecule has 8 nitrogen and oxygen atoms in total. The van der Waals surface area contributed by atoms with Crippen molar-refractivity contribution in [2.45, 2.75) is 6.92 Å². The minimum Gasteiger partial charge on any atom is -0.380 e. The van der Waals surface area contributed by atoms with Crippen LogP contribution < -0.4 is 10.3 Å². The molecule has 2 saturated heterocycles. The molecule has 3 aromatic heterocycles. The fourth-order valence-electron chi connectivity index (χ4n) is 4.42. The standard InChI is InChI=1S/C19H17N5O3/c1-10-2-3-12(26)15-16(10)24-17(22-15)11(5-25)14-18(24)20-4-13(21-14)23-6-19(7-23)8-27-9-19/h2-5,20-21H,6-9H2,1H3. The summed E-state index contributed by atoms with van der Waals surface area (Å²) >= 11 is 0. The zero-order valence-corrected chi connectivity index (χ0v) is 14.7. The van der Waals surface area contributed by atoms with Crippen LogP contribution in [0.1, 0.15) is 15.9 Å². The molecule has 2 fully saturated rings. The Bertz CT molecular complexity index is 1320. The maximum atomic E-state index is 12.2. The van der Waals surface area contributed by atoms with Crippen molar-refractivity contribution in [1.29, 1.82) is 0 Å². The van der Waals surface area contributed by atoms with E-state index in [9.17, 15) is 9.59 Å². The summed E-state index contributed by atoms with van der Waals surface area (Å²) in [5.41, 5.74) is 4.62. The van der Waals surface area contributed by atoms with Crippen molar-refractivity contribution in [3.63, 3.8) is 0 Å². The summed E-state index contributed by atoms with van der Waals surface area (Å²) < 4.78 is 7.20. The summed E-state index contributed by atoms with van der Waals surface area (Å²) in [7, 11) is 0. The van der Waals surface area contributed by atoms with Crippen molar-refractivity contribution in [1.82, 2.24) is 19.4 Å². The maximum Gasteiger partial charge on any atom is 0.206 e. The summed E-state index contributed by atoms with van der Waals surface area (Å²) in [4.78, 5) is 37.5. The van der Waals surface area contributed by atoms with Gasteiger partial charge < -0.3 is 19.6 Å². The molecule has 2 N–H and O–H groups in total. The lowest BCUT2D eigenvalue weighted by Gasteiger charge is -2.55. The van der Waals surface area contributed by atoms with Crippen LogP contribution in [0.3, 0.4) is 0 Å². The van der Waals surface area contributed by atoms with Crippen LogP contribution in [0.5, 0.6) is 0 Å². The number of H-pyrrole nitrogens is 2. The fourth-order valence-corrected chi connectivity index (χ4v) is 4.42. The number of carbonyl (C=O) groups excluding carboxylic acids is 1. The van der Waals surface area contributed by atoms with Gasteiger partial charge in [0.25, 0.3) is 0 Å². The van der Waals surface area contributed by atoms with E-state index in [1.807, 2.05) is 17.5 Å². The van der Waals surface area contributed by atoms with E-state index in [1.165, 1.54) is 6.07 Å². The van der Waals surface area contributed by atoms with Crippen LogP contribution in [-0.2, 0) is 4.74 Å². The van der Waals surface area contributed by atoms with Crippen molar-refractivity contribution in [3.8, 4) is 0 Å². The smallest absolute Gasteiger partial charge is 0.206 e. The molecular weight excluding hydrogens is 346 g/mol. The van der Waals surface area contributed by atoms with Crippen molar-refractivity contribution in [3.05, 3.63) is 39.7 Å². The number of imidazole rings is 1. The van der Waals surface area contributed by atoms with Crippen LogP contribution in [0, 0.1) is 12.3 Å². The highest BCUT2D eigenvalue weighted by Gasteiger charge is 2.49. The van der Waals surface area contributed by atoms with Gasteiger partial charge in [-0.05, 0) is 18.6 Å². The Morgan fingerprint density at radius 2 is 2.11 bits per heavy atom. The number of aromatic nitrogens is 4. The highest BCUT2D eigenvalue weighted by molar-refractivity contribution is 6.06. The molecular formula is C19H17N5O3. The largest absolute Gasteiger partial charge is 0.380 e. The second kappa shape index (κ2) is 4.77. The number of benzene rings is 1. The molecule has 0 unspecified atom stereocenters. The van der Waals surface area contributed by atoms with Gasteiger partial charge in [-0.3, -0.25) is 14.0 Å². The van der Waals surface area contributed by atoms with Crippen molar-refractivity contribution >= 4 is 39.9 Å². The lowest BCUT2D eigenvalue weighted by atomic mass is 9.78. The summed E-state index contributed by atoms with van der Waals surface area (Å²) in [6.07, 6.45) is 2.71. The number of carbonyl (C=O) groups is 1. The average Bonchev–Trinajstić information content (AvgIpc) is 3.10. The van der Waals surface area contributed by atoms with E-state index in [1.54, 1.807) is 6.07 Å². The van der Waals surface area contributed by atoms with Crippen LogP contribution in [0.25, 0.3) is 27.8 Å². The number of hydrogen-bond acceptors (Lipinski definition) is 5. The van der Waals surface area contributed by atoms with E-state index in [2.05, 4.69) is 19.9 Å². The van der Waals surface area contributed by atoms with Gasteiger partial charge >= 0.3 is 0 Å². The molecule has 0 radical (unpaired) electrons. The molecule has 0 amide bonds. The minimum absolute atomic E-state index is 0.140. The van der Waals surface area contributed by atoms with E-state index in [-0.39, 0.29) is 5.43 Å². The first-order valence-electron chi connectivity index (χ1n) is 8.93. The molecule has 1 aromatic carbocycles. The van der Waals surface area contributed by atoms with E-state index in [0.29, 0.717) is 27.7 Å². The first-order valence-corrected chi connectivity index (χ1v) is 8.93. The maximum absolute atomic E-state index is 12.2. The Morgan fingerprint density at radius 3 is 2.81 bits per heavy atom. The van der Waals surface area contributed by atoms with Gasteiger partial charge in [0.2, 0.25) is 5.43 Å². The Morgan fingerprint density at radius 1 is 1.30 bits per heavy atom. The number of aromatic amines is 2. The Hall–Kier alpha value is -3.13. The highest BCUT2D eigenvalue weighted by Crippen LogP contribution is 2.40. The third kappa shape index (κ3) is 1.78. The molecule has 2 aliphatic rings. The number of nitrogens with one attached hydrogen (secondary N) is 2. The van der Waals surface area contributed by atoms with Gasteiger partial charge in [-0.25, -0.2) is 4.98 Å². The van der Waals surface area contributed by atoms with Gasteiger partial charge in [-0.2, -0.15) is 0 Å². The number of aldehydes is 1. The van der Waals surface area contributed by atoms with Gasteiger partial charge in [0.15, 0.2) is 11.9 Å². The highest BCUT2D eigenvalue weighted by atomic mass is 16.5. The Balaban J connectivity index is 1.60. The third-order valence-corrected chi connectivity index (χ3v) is 5.87. The molecule has 0 saturated carbocycles. The molecule has 4 aromatic rings. The molecule has 1 spiro atoms. The first kappa shape index (κ1) is 15.0. The van der Waals surface area contributed by atoms with Crippen LogP contribution >= 0.6 is 0 Å². The Labute approximate surface area is 152 Å². The molecule has 8 heteroatoms. The van der Waals surface area contributed by atoms with Crippen molar-refractivity contribution < 1.29 is 9.53 Å². The number of aryl methyl sites for hydroxylation is 1. The lowest BCUT2D eigenvalue weighted by Crippen LogP contribution is -2.66. The summed E-state index contributed by atoms with van der Waals surface area (Å²) in [5, 5.41) is 0. The third-order valence-electron chi connectivity index (χ3n) is 5.87. The predicted octanol–water partition coefficient (Wildman–Crippen LogP) is 1.61. The number of fused-ring (bicyclic) bond motifs is 5. The van der Waals surface area contributed by atoms with Gasteiger partial charge in [0.1, 0.15) is 17.0 Å². The molecule has 6 rings (SSSR count). The Kier molecular flexibility index (Phi) is 2.65. The number of rotatable bonds is 2. The molecule has 0 atom stereocenters. The normalized spacial score (nSPS) is 18.3. The zero-order chi connectivity index (χ0) is 18.3. The monoisotopic (exact) mass is 363 g/mol. The number of ether oxygens (including phenoxy) is 1. The zero-order valence-electron chi connectivity index (χ0n) is 14.7. The van der Waals surface area contributed by atoms with E-state index in [4.69, 9.17) is 4.74 Å². The van der Waals surface area contributed by atoms with Gasteiger partial charge in [-0.1, -0.05) is 6.07 Å². The van der Waals surface area contributed by atoms with Crippen LogP contribution in [0.15, 0.2) is 23.1 Å². The van der Waals surface area contributed by atoms with Gasteiger partial charge in [0.05, 0.1) is 35.2 Å². The average molecular weight is 363 g/mol. The van der Waals surface area contributed by atoms with Crippen LogP contribution in [0.4, 0.5) is 5.82 Å². The molecule has 0 bridgehead atoms. The number of nitrogens with zero attached hydrogens (tertiary/aromatic N) is 3. The number of anilines is 1. The fraction of sp³-hybridized carbons (Fsp3) is 0.316. The van der Waals surface area contributed by atoms with E-state index >= 15 is 0 Å². The van der Waals surface area contributed by atoms with Crippen LogP contribution in [0.2, 0.25) is 0 Å². The molecule has 27 heavy (non-hydrogen) atoms. The quantitative estimate of drug-likeness (QED) is 0.528. The summed E-state index contributed by atoms with van der Waals surface area (Å²) in [6.45, 7) is 5.47. The van der Waals surface area contributed by atoms with Crippen molar-refractivity contribution in [2.24, 2.45) is 5.41 Å². The summed E-state index contributed by atoms with van der Waals surface area (Å²) in [5.74, 6) is 0.932. The molecule has 136 valence electrons. The van der Waals surface area contributed by atoms with Crippen molar-refractivity contribution in [2.75, 3.05) is 31.2 Å². The first-order chi connectivity index (χ1) is 13.1. The topological polar surface area (TPSA) is 95.5 Å². The van der Waals surface area contributed by atoms with E-state index < -0.39 is 0 Å². The second-order valence-corrected chi connectivity index (χ2v) is 7.75. The lowest BCUT2D eigenvalue weighted by molar-refractivity contribution is -0.127. The molecule has 0 aliphatic carbocycles. The predicted molar refractivity (Wildman–Crippen MR) is 101 cm³/mol. The SMILES string of the molecule is Cc1ccc(=O)c2nc3c(C=O)c4[nH]c(N5CC6(COC6)C5)c[nH]c4n3c12. The molecule has 5 heterocycles. The number of hydrogen-bond donors (Lipinski definition) is 2. The van der Waals surface area contributed by atoms with Gasteiger partial charge in [0, 0.05) is 19.3 Å². The van der Waals surface area contributed by atoms with Gasteiger partial charge in [-0.15, -0.1) is 0 Å². The van der Waals surface area contributed by atoms with E-state index in [0.717, 1.165) is 55.1 Å². The summed E-state index contributed by atoms with van der Waals surface area (Å²) in [6, 6.07) is 3.31. The second-order valence-electron chi connectivity index (χ2n) is 7.75. The molecule has 2 aliphatic heterocycles. The minimum atomic E-state index is -0.140. The van der Waals surface area contributed by atoms with Crippen LogP contribution in [-0.4, -0.2) is 51.9 Å².